The minimum atomic E-state index is -0.235. The number of rotatable bonds is 7. The average molecular weight is 410 g/mol. The Bertz CT molecular complexity index is 1000. The van der Waals surface area contributed by atoms with E-state index in [0.717, 1.165) is 73.1 Å². The zero-order valence-electron chi connectivity index (χ0n) is 17.6. The quantitative estimate of drug-likeness (QED) is 0.638. The van der Waals surface area contributed by atoms with E-state index in [1.165, 1.54) is 6.07 Å². The van der Waals surface area contributed by atoms with Crippen molar-refractivity contribution in [2.75, 3.05) is 50.1 Å². The number of anilines is 2. The van der Waals surface area contributed by atoms with Gasteiger partial charge in [0.15, 0.2) is 0 Å². The molecule has 0 saturated carbocycles. The summed E-state index contributed by atoms with van der Waals surface area (Å²) in [4.78, 5) is 14.2. The smallest absolute Gasteiger partial charge is 0.227 e. The number of para-hydroxylation sites is 1. The van der Waals surface area contributed by atoms with Gasteiger partial charge in [-0.15, -0.1) is 0 Å². The number of ether oxygens (including phenoxy) is 1. The zero-order valence-corrected chi connectivity index (χ0v) is 17.6. The largest absolute Gasteiger partial charge is 0.496 e. The second-order valence-electron chi connectivity index (χ2n) is 7.54. The number of fused-ring (bicyclic) bond motifs is 1. The Morgan fingerprint density at radius 2 is 1.87 bits per heavy atom. The lowest BCUT2D eigenvalue weighted by atomic mass is 10.1. The summed E-state index contributed by atoms with van der Waals surface area (Å²) in [6.07, 6.45) is 1.04. The molecule has 1 saturated heterocycles. The van der Waals surface area contributed by atoms with Crippen LogP contribution in [0.5, 0.6) is 5.75 Å². The molecule has 1 aliphatic rings. The molecule has 2 aromatic carbocycles. The summed E-state index contributed by atoms with van der Waals surface area (Å²) < 4.78 is 19.1. The lowest BCUT2D eigenvalue weighted by molar-refractivity contribution is 0.244. The summed E-state index contributed by atoms with van der Waals surface area (Å²) in [6, 6.07) is 12.8. The lowest BCUT2D eigenvalue weighted by Gasteiger charge is -2.35. The number of benzene rings is 2. The first kappa shape index (κ1) is 20.3. The van der Waals surface area contributed by atoms with E-state index in [4.69, 9.17) is 14.7 Å². The number of nitrogens with one attached hydrogen (secondary N) is 1. The summed E-state index contributed by atoms with van der Waals surface area (Å²) in [5.74, 6) is 2.14. The van der Waals surface area contributed by atoms with Crippen molar-refractivity contribution < 1.29 is 9.13 Å². The number of methoxy groups -OCH3 is 1. The van der Waals surface area contributed by atoms with Crippen molar-refractivity contribution in [2.24, 2.45) is 0 Å². The molecule has 1 aliphatic heterocycles. The van der Waals surface area contributed by atoms with E-state index in [1.807, 2.05) is 18.2 Å². The molecule has 0 bridgehead atoms. The minimum absolute atomic E-state index is 0.235. The van der Waals surface area contributed by atoms with Crippen LogP contribution in [0, 0.1) is 5.82 Å². The maximum atomic E-state index is 13.7. The fourth-order valence-electron chi connectivity index (χ4n) is 3.80. The van der Waals surface area contributed by atoms with Crippen LogP contribution in [0.4, 0.5) is 16.2 Å². The summed E-state index contributed by atoms with van der Waals surface area (Å²) >= 11 is 0. The first-order valence-electron chi connectivity index (χ1n) is 10.5. The van der Waals surface area contributed by atoms with Gasteiger partial charge in [0.25, 0.3) is 0 Å². The molecule has 1 aromatic heterocycles. The van der Waals surface area contributed by atoms with Crippen molar-refractivity contribution in [3.05, 3.63) is 53.8 Å². The topological polar surface area (TPSA) is 53.5 Å². The molecule has 30 heavy (non-hydrogen) atoms. The lowest BCUT2D eigenvalue weighted by Crippen LogP contribution is -2.46. The number of halogens is 1. The average Bonchev–Trinajstić information content (AvgIpc) is 2.78. The molecule has 0 radical (unpaired) electrons. The standard InChI is InChI=1S/C23H28FN5O/c1-3-10-25-22-19-6-4-5-7-20(19)26-23(27-22)29-13-11-28(12-14-29)16-17-15-18(24)8-9-21(17)30-2/h4-9,15H,3,10-14,16H2,1-2H3,(H,25,26,27). The van der Waals surface area contributed by atoms with Crippen LogP contribution in [-0.2, 0) is 6.54 Å². The highest BCUT2D eigenvalue weighted by Crippen LogP contribution is 2.25. The monoisotopic (exact) mass is 409 g/mol. The number of aromatic nitrogens is 2. The van der Waals surface area contributed by atoms with E-state index in [1.54, 1.807) is 19.2 Å². The van der Waals surface area contributed by atoms with E-state index in [9.17, 15) is 4.39 Å². The van der Waals surface area contributed by atoms with Gasteiger partial charge in [0.05, 0.1) is 12.6 Å². The van der Waals surface area contributed by atoms with Gasteiger partial charge in [0.1, 0.15) is 17.4 Å². The van der Waals surface area contributed by atoms with Crippen molar-refractivity contribution in [3.63, 3.8) is 0 Å². The number of piperazine rings is 1. The number of nitrogens with zero attached hydrogens (tertiary/aromatic N) is 4. The van der Waals surface area contributed by atoms with Crippen LogP contribution < -0.4 is 15.0 Å². The van der Waals surface area contributed by atoms with Gasteiger partial charge >= 0.3 is 0 Å². The summed E-state index contributed by atoms with van der Waals surface area (Å²) in [5.41, 5.74) is 1.83. The van der Waals surface area contributed by atoms with Crippen molar-refractivity contribution in [1.29, 1.82) is 0 Å². The number of hydrogen-bond donors (Lipinski definition) is 1. The van der Waals surface area contributed by atoms with Crippen molar-refractivity contribution >= 4 is 22.7 Å². The van der Waals surface area contributed by atoms with E-state index in [-0.39, 0.29) is 5.82 Å². The summed E-state index contributed by atoms with van der Waals surface area (Å²) in [6.45, 7) is 7.04. The molecule has 6 nitrogen and oxygen atoms in total. The fraction of sp³-hybridized carbons (Fsp3) is 0.391. The van der Waals surface area contributed by atoms with Crippen molar-refractivity contribution in [1.82, 2.24) is 14.9 Å². The second kappa shape index (κ2) is 9.26. The summed E-state index contributed by atoms with van der Waals surface area (Å²) in [5, 5.41) is 4.49. The van der Waals surface area contributed by atoms with E-state index < -0.39 is 0 Å². The Labute approximate surface area is 176 Å². The predicted molar refractivity (Wildman–Crippen MR) is 119 cm³/mol. The van der Waals surface area contributed by atoms with Gasteiger partial charge in [-0.3, -0.25) is 4.90 Å². The molecule has 0 aliphatic carbocycles. The Balaban J connectivity index is 1.47. The molecule has 0 amide bonds. The molecule has 0 atom stereocenters. The van der Waals surface area contributed by atoms with Crippen molar-refractivity contribution in [2.45, 2.75) is 19.9 Å². The van der Waals surface area contributed by atoms with E-state index >= 15 is 0 Å². The Kier molecular flexibility index (Phi) is 6.28. The van der Waals surface area contributed by atoms with Crippen LogP contribution in [-0.4, -0.2) is 54.7 Å². The Morgan fingerprint density at radius 1 is 1.07 bits per heavy atom. The Morgan fingerprint density at radius 3 is 2.63 bits per heavy atom. The van der Waals surface area contributed by atoms with E-state index in [2.05, 4.69) is 28.1 Å². The molecule has 1 fully saturated rings. The van der Waals surface area contributed by atoms with Gasteiger partial charge in [-0.2, -0.15) is 4.98 Å². The molecular formula is C23H28FN5O. The van der Waals surface area contributed by atoms with Gasteiger partial charge in [-0.05, 0) is 36.8 Å². The van der Waals surface area contributed by atoms with E-state index in [0.29, 0.717) is 6.54 Å². The molecule has 7 heteroatoms. The van der Waals surface area contributed by atoms with Crippen molar-refractivity contribution in [3.8, 4) is 5.75 Å². The Hall–Kier alpha value is -2.93. The van der Waals surface area contributed by atoms with Crippen LogP contribution >= 0.6 is 0 Å². The van der Waals surface area contributed by atoms with Gasteiger partial charge < -0.3 is 15.0 Å². The van der Waals surface area contributed by atoms with Gasteiger partial charge in [-0.25, -0.2) is 9.37 Å². The second-order valence-corrected chi connectivity index (χ2v) is 7.54. The molecular weight excluding hydrogens is 381 g/mol. The molecule has 1 N–H and O–H groups in total. The van der Waals surface area contributed by atoms with Crippen LogP contribution in [0.2, 0.25) is 0 Å². The molecule has 0 unspecified atom stereocenters. The SMILES string of the molecule is CCCNc1nc(N2CCN(Cc3cc(F)ccc3OC)CC2)nc2ccccc12. The minimum Gasteiger partial charge on any atom is -0.496 e. The molecule has 0 spiro atoms. The van der Waals surface area contributed by atoms with Gasteiger partial charge in [0, 0.05) is 50.2 Å². The first-order chi connectivity index (χ1) is 14.7. The first-order valence-corrected chi connectivity index (χ1v) is 10.5. The van der Waals surface area contributed by atoms with Crippen LogP contribution in [0.1, 0.15) is 18.9 Å². The highest BCUT2D eigenvalue weighted by Gasteiger charge is 2.21. The maximum Gasteiger partial charge on any atom is 0.227 e. The normalized spacial score (nSPS) is 14.8. The third-order valence-electron chi connectivity index (χ3n) is 5.43. The van der Waals surface area contributed by atoms with Crippen LogP contribution in [0.3, 0.4) is 0 Å². The highest BCUT2D eigenvalue weighted by molar-refractivity contribution is 5.90. The van der Waals surface area contributed by atoms with Crippen LogP contribution in [0.25, 0.3) is 10.9 Å². The van der Waals surface area contributed by atoms with Crippen LogP contribution in [0.15, 0.2) is 42.5 Å². The fourth-order valence-corrected chi connectivity index (χ4v) is 3.80. The highest BCUT2D eigenvalue weighted by atomic mass is 19.1. The van der Waals surface area contributed by atoms with Gasteiger partial charge in [-0.1, -0.05) is 19.1 Å². The third kappa shape index (κ3) is 4.46. The maximum absolute atomic E-state index is 13.7. The zero-order chi connectivity index (χ0) is 20.9. The summed E-state index contributed by atoms with van der Waals surface area (Å²) in [7, 11) is 1.62. The van der Waals surface area contributed by atoms with Gasteiger partial charge in [0.2, 0.25) is 5.95 Å². The predicted octanol–water partition coefficient (Wildman–Crippen LogP) is 3.92. The molecule has 3 aromatic rings. The number of hydrogen-bond acceptors (Lipinski definition) is 6. The third-order valence-corrected chi connectivity index (χ3v) is 5.43. The molecule has 4 rings (SSSR count). The molecule has 158 valence electrons. The molecule has 2 heterocycles.